The third-order valence-electron chi connectivity index (χ3n) is 8.07. The first-order chi connectivity index (χ1) is 18.4. The van der Waals surface area contributed by atoms with Crippen molar-refractivity contribution >= 4 is 17.3 Å². The number of ether oxygens (including phenoxy) is 1. The summed E-state index contributed by atoms with van der Waals surface area (Å²) in [5.41, 5.74) is 4.80. The zero-order chi connectivity index (χ0) is 26.4. The van der Waals surface area contributed by atoms with Crippen LogP contribution in [0.1, 0.15) is 62.5 Å². The molecule has 200 valence electrons. The number of likely N-dealkylation sites (tertiary alicyclic amines) is 1. The van der Waals surface area contributed by atoms with Gasteiger partial charge >= 0.3 is 0 Å². The number of nitrogens with zero attached hydrogens (tertiary/aromatic N) is 4. The molecule has 0 spiro atoms. The zero-order valence-electron chi connectivity index (χ0n) is 22.3. The summed E-state index contributed by atoms with van der Waals surface area (Å²) in [7, 11) is 2.19. The minimum Gasteiger partial charge on any atom is -0.486 e. The summed E-state index contributed by atoms with van der Waals surface area (Å²) in [5.74, 6) is 0.579. The highest BCUT2D eigenvalue weighted by Gasteiger charge is 2.30. The van der Waals surface area contributed by atoms with Crippen molar-refractivity contribution in [1.82, 2.24) is 14.9 Å². The van der Waals surface area contributed by atoms with Crippen LogP contribution in [0.4, 0.5) is 26.1 Å². The predicted octanol–water partition coefficient (Wildman–Crippen LogP) is 6.46. The Morgan fingerprint density at radius 1 is 0.947 bits per heavy atom. The highest BCUT2D eigenvalue weighted by molar-refractivity contribution is 5.73. The van der Waals surface area contributed by atoms with Crippen LogP contribution in [0.3, 0.4) is 0 Å². The second-order valence-electron chi connectivity index (χ2n) is 11.2. The fourth-order valence-corrected chi connectivity index (χ4v) is 5.83. The zero-order valence-corrected chi connectivity index (χ0v) is 22.3. The molecular weight excluding hydrogens is 484 g/mol. The van der Waals surface area contributed by atoms with Gasteiger partial charge in [-0.25, -0.2) is 18.7 Å². The normalized spacial score (nSPS) is 18.4. The average Bonchev–Trinajstić information content (AvgIpc) is 3.75. The van der Waals surface area contributed by atoms with E-state index in [2.05, 4.69) is 50.3 Å². The molecule has 1 aliphatic carbocycles. The summed E-state index contributed by atoms with van der Waals surface area (Å²) in [4.78, 5) is 13.1. The van der Waals surface area contributed by atoms with Gasteiger partial charge in [-0.1, -0.05) is 6.07 Å². The van der Waals surface area contributed by atoms with Crippen LogP contribution in [0.15, 0.2) is 36.5 Å². The Balaban J connectivity index is 1.30. The standard InChI is InChI=1S/C30H35F2N5O/c1-18(2)37-12-13-38-29-25(31)14-21(15-27(29)37)28-26(32)17-33-30(35-28)34-22-6-7-23(24(16-22)19-4-5-19)20-8-10-36(3)11-9-20/h6-7,14-20H,4-5,8-13H2,1-3H3,(H,33,34,35). The number of benzene rings is 2. The molecular formula is C30H35F2N5O. The molecule has 3 aromatic rings. The average molecular weight is 520 g/mol. The molecule has 1 aromatic heterocycles. The van der Waals surface area contributed by atoms with Crippen LogP contribution >= 0.6 is 0 Å². The van der Waals surface area contributed by atoms with E-state index < -0.39 is 11.6 Å². The molecule has 6 rings (SSSR count). The highest BCUT2D eigenvalue weighted by atomic mass is 19.1. The SMILES string of the molecule is CC(C)N1CCOc2c(F)cc(-c3nc(Nc4ccc(C5CCN(C)CC5)c(C5CC5)c4)ncc3F)cc21. The number of halogens is 2. The van der Waals surface area contributed by atoms with E-state index in [4.69, 9.17) is 4.74 Å². The van der Waals surface area contributed by atoms with Crippen LogP contribution in [0.25, 0.3) is 11.3 Å². The number of rotatable bonds is 6. The van der Waals surface area contributed by atoms with Crippen molar-refractivity contribution in [1.29, 1.82) is 0 Å². The molecule has 6 nitrogen and oxygen atoms in total. The van der Waals surface area contributed by atoms with Gasteiger partial charge in [0, 0.05) is 17.3 Å². The third-order valence-corrected chi connectivity index (χ3v) is 8.07. The Labute approximate surface area is 223 Å². The van der Waals surface area contributed by atoms with Crippen LogP contribution < -0.4 is 15.0 Å². The molecule has 1 saturated heterocycles. The molecule has 3 aliphatic rings. The van der Waals surface area contributed by atoms with Gasteiger partial charge in [0.05, 0.1) is 18.4 Å². The molecule has 2 aromatic carbocycles. The fourth-order valence-electron chi connectivity index (χ4n) is 5.83. The van der Waals surface area contributed by atoms with Gasteiger partial charge < -0.3 is 19.9 Å². The molecule has 0 atom stereocenters. The maximum atomic E-state index is 15.0. The van der Waals surface area contributed by atoms with E-state index in [9.17, 15) is 4.39 Å². The number of anilines is 3. The van der Waals surface area contributed by atoms with Crippen LogP contribution in [0.5, 0.6) is 5.75 Å². The van der Waals surface area contributed by atoms with Crippen molar-refractivity contribution in [3.05, 3.63) is 59.3 Å². The first-order valence-electron chi connectivity index (χ1n) is 13.7. The topological polar surface area (TPSA) is 53.5 Å². The quantitative estimate of drug-likeness (QED) is 0.404. The molecule has 0 bridgehead atoms. The van der Waals surface area contributed by atoms with E-state index in [0.717, 1.165) is 25.0 Å². The lowest BCUT2D eigenvalue weighted by Crippen LogP contribution is -2.38. The monoisotopic (exact) mass is 519 g/mol. The van der Waals surface area contributed by atoms with Gasteiger partial charge in [0.1, 0.15) is 12.3 Å². The molecule has 2 fully saturated rings. The Morgan fingerprint density at radius 3 is 2.45 bits per heavy atom. The van der Waals surface area contributed by atoms with Crippen molar-refractivity contribution in [2.45, 2.75) is 57.4 Å². The van der Waals surface area contributed by atoms with Gasteiger partial charge in [0.25, 0.3) is 0 Å². The summed E-state index contributed by atoms with van der Waals surface area (Å²) >= 11 is 0. The van der Waals surface area contributed by atoms with Gasteiger partial charge in [-0.3, -0.25) is 0 Å². The van der Waals surface area contributed by atoms with Gasteiger partial charge in [0.15, 0.2) is 17.4 Å². The number of nitrogens with one attached hydrogen (secondary N) is 1. The van der Waals surface area contributed by atoms with Crippen LogP contribution in [-0.2, 0) is 0 Å². The molecule has 8 heteroatoms. The van der Waals surface area contributed by atoms with Crippen LogP contribution in [-0.4, -0.2) is 54.2 Å². The fraction of sp³-hybridized carbons (Fsp3) is 0.467. The summed E-state index contributed by atoms with van der Waals surface area (Å²) in [6.45, 7) is 7.40. The first-order valence-corrected chi connectivity index (χ1v) is 13.7. The van der Waals surface area contributed by atoms with E-state index in [-0.39, 0.29) is 23.4 Å². The lowest BCUT2D eigenvalue weighted by Gasteiger charge is -2.34. The molecule has 3 heterocycles. The summed E-state index contributed by atoms with van der Waals surface area (Å²) < 4.78 is 35.6. The predicted molar refractivity (Wildman–Crippen MR) is 147 cm³/mol. The van der Waals surface area contributed by atoms with Crippen molar-refractivity contribution in [3.8, 4) is 17.0 Å². The second-order valence-corrected chi connectivity index (χ2v) is 11.2. The van der Waals surface area contributed by atoms with E-state index in [0.29, 0.717) is 36.2 Å². The van der Waals surface area contributed by atoms with Gasteiger partial charge in [0.2, 0.25) is 5.95 Å². The summed E-state index contributed by atoms with van der Waals surface area (Å²) in [5, 5.41) is 3.28. The highest BCUT2D eigenvalue weighted by Crippen LogP contribution is 2.46. The number of hydrogen-bond acceptors (Lipinski definition) is 6. The Morgan fingerprint density at radius 2 is 1.71 bits per heavy atom. The van der Waals surface area contributed by atoms with Crippen molar-refractivity contribution in [3.63, 3.8) is 0 Å². The van der Waals surface area contributed by atoms with Gasteiger partial charge in [-0.2, -0.15) is 0 Å². The van der Waals surface area contributed by atoms with E-state index in [1.165, 1.54) is 42.9 Å². The Bertz CT molecular complexity index is 1330. The van der Waals surface area contributed by atoms with E-state index in [1.807, 2.05) is 13.8 Å². The minimum absolute atomic E-state index is 0.0591. The Kier molecular flexibility index (Phi) is 6.68. The number of piperidine rings is 1. The number of aromatic nitrogens is 2. The molecule has 0 radical (unpaired) electrons. The van der Waals surface area contributed by atoms with Crippen LogP contribution in [0.2, 0.25) is 0 Å². The largest absolute Gasteiger partial charge is 0.486 e. The van der Waals surface area contributed by atoms with Gasteiger partial charge in [-0.05, 0) is 107 Å². The first kappa shape index (κ1) is 25.0. The van der Waals surface area contributed by atoms with Gasteiger partial charge in [-0.15, -0.1) is 0 Å². The van der Waals surface area contributed by atoms with E-state index in [1.54, 1.807) is 6.07 Å². The molecule has 0 amide bonds. The van der Waals surface area contributed by atoms with Crippen molar-refractivity contribution < 1.29 is 13.5 Å². The Hall–Kier alpha value is -3.26. The van der Waals surface area contributed by atoms with Crippen LogP contribution in [0, 0.1) is 11.6 Å². The molecule has 1 N–H and O–H groups in total. The molecule has 1 saturated carbocycles. The maximum Gasteiger partial charge on any atom is 0.227 e. The lowest BCUT2D eigenvalue weighted by molar-refractivity contribution is 0.255. The molecule has 38 heavy (non-hydrogen) atoms. The van der Waals surface area contributed by atoms with Crippen molar-refractivity contribution in [2.75, 3.05) is 43.5 Å². The van der Waals surface area contributed by atoms with Crippen molar-refractivity contribution in [2.24, 2.45) is 0 Å². The third kappa shape index (κ3) is 4.94. The minimum atomic E-state index is -0.598. The maximum absolute atomic E-state index is 15.0. The number of fused-ring (bicyclic) bond motifs is 1. The lowest BCUT2D eigenvalue weighted by atomic mass is 9.85. The summed E-state index contributed by atoms with van der Waals surface area (Å²) in [6, 6.07) is 9.73. The number of hydrogen-bond donors (Lipinski definition) is 1. The van der Waals surface area contributed by atoms with E-state index >= 15 is 4.39 Å². The second kappa shape index (κ2) is 10.1. The molecule has 2 aliphatic heterocycles. The smallest absolute Gasteiger partial charge is 0.227 e. The molecule has 0 unspecified atom stereocenters. The summed E-state index contributed by atoms with van der Waals surface area (Å²) in [6.07, 6.45) is 5.96.